The molecule has 3 unspecified atom stereocenters. The van der Waals surface area contributed by atoms with Crippen molar-refractivity contribution >= 4 is 70.2 Å². The van der Waals surface area contributed by atoms with E-state index in [0.29, 0.717) is 46.6 Å². The third-order valence-electron chi connectivity index (χ3n) is 15.4. The number of benzene rings is 6. The first-order chi connectivity index (χ1) is 42.6. The Bertz CT molecular complexity index is 4230. The molecule has 0 saturated carbocycles. The molecule has 19 heteroatoms. The van der Waals surface area contributed by atoms with Gasteiger partial charge in [0.25, 0.3) is 0 Å². The first-order valence-corrected chi connectivity index (χ1v) is 33.8. The first kappa shape index (κ1) is 65.3. The van der Waals surface area contributed by atoms with Crippen molar-refractivity contribution in [2.24, 2.45) is 0 Å². The standard InChI is InChI=1S/C24H26O6S.C24H26O4S.C23H24O6S/c1-24(2,3)30-21(23(25)28-4)22-20(17-9-5-6-10-19(17)31(22,26)27)16-11-12-18-15(14-16)8-7-13-29-18;1-24(2,3)28-21(23(25)26-4)22-20(17-9-5-6-10-19(17)29-22)16-11-12-18-15(14-16)8-7-13-27-18;1-23(2,3)29-20(22(24)25)21-19(16-8-4-5-9-18(16)30(21,26)27)15-10-11-17-14(13-15)7-6-12-28-17/h5-6,9-12,14,21H,7-8,13H2,1-4H3;5-6,9-12,14,21H,7-8,13H2,1-4H3;4-5,8-11,13,20H,6-7,12H2,1-3H3,(H,24,25). The molecule has 12 rings (SSSR count). The number of aliphatic carboxylic acids is 1. The molecule has 7 aromatic rings. The molecule has 90 heavy (non-hydrogen) atoms. The first-order valence-electron chi connectivity index (χ1n) is 30.0. The smallest absolute Gasteiger partial charge is 0.340 e. The number of rotatable bonds is 12. The van der Waals surface area contributed by atoms with Crippen LogP contribution in [-0.4, -0.2) is 103 Å². The summed E-state index contributed by atoms with van der Waals surface area (Å²) in [5.74, 6) is 0.0736. The quantitative estimate of drug-likeness (QED) is 0.113. The summed E-state index contributed by atoms with van der Waals surface area (Å²) < 4.78 is 100. The number of hydrogen-bond donors (Lipinski definition) is 1. The third kappa shape index (κ3) is 13.7. The molecular formula is C71H76O16S3. The van der Waals surface area contributed by atoms with Gasteiger partial charge in [0, 0.05) is 37.9 Å². The summed E-state index contributed by atoms with van der Waals surface area (Å²) in [6.45, 7) is 18.4. The average molecular weight is 1280 g/mol. The molecule has 5 aliphatic rings. The number of carbonyl (C=O) groups excluding carboxylic acids is 2. The lowest BCUT2D eigenvalue weighted by atomic mass is 9.93. The number of aryl methyl sites for hydroxylation is 3. The lowest BCUT2D eigenvalue weighted by molar-refractivity contribution is -0.163. The van der Waals surface area contributed by atoms with Crippen LogP contribution in [0, 0.1) is 0 Å². The van der Waals surface area contributed by atoms with Crippen molar-refractivity contribution in [2.45, 2.75) is 146 Å². The van der Waals surface area contributed by atoms with Gasteiger partial charge in [-0.15, -0.1) is 11.3 Å². The Morgan fingerprint density at radius 2 is 0.867 bits per heavy atom. The van der Waals surface area contributed by atoms with Crippen LogP contribution in [0.1, 0.15) is 132 Å². The van der Waals surface area contributed by atoms with Gasteiger partial charge in [-0.2, -0.15) is 0 Å². The normalized spacial score (nSPS) is 17.1. The summed E-state index contributed by atoms with van der Waals surface area (Å²) in [4.78, 5) is 38.5. The topological polar surface area (TPSA) is 214 Å². The van der Waals surface area contributed by atoms with Crippen LogP contribution >= 0.6 is 11.3 Å². The highest BCUT2D eigenvalue weighted by Crippen LogP contribution is 2.50. The second-order valence-electron chi connectivity index (χ2n) is 25.4. The fraction of sp³-hybridized carbons (Fsp3) is 0.366. The Labute approximate surface area is 530 Å². The van der Waals surface area contributed by atoms with E-state index in [0.717, 1.165) is 99.6 Å². The second-order valence-corrected chi connectivity index (χ2v) is 30.2. The van der Waals surface area contributed by atoms with Crippen molar-refractivity contribution in [3.63, 3.8) is 0 Å². The fourth-order valence-corrected chi connectivity index (χ4v) is 16.7. The Hall–Kier alpha value is -7.65. The molecule has 0 fully saturated rings. The summed E-state index contributed by atoms with van der Waals surface area (Å²) >= 11 is 1.59. The monoisotopic (exact) mass is 1280 g/mol. The van der Waals surface area contributed by atoms with Crippen LogP contribution in [0.3, 0.4) is 0 Å². The number of thiophene rings is 1. The summed E-state index contributed by atoms with van der Waals surface area (Å²) in [5, 5.41) is 11.0. The van der Waals surface area contributed by atoms with Crippen LogP contribution in [0.15, 0.2) is 147 Å². The maximum absolute atomic E-state index is 13.6. The van der Waals surface area contributed by atoms with E-state index in [1.54, 1.807) is 101 Å². The average Bonchev–Trinajstić information content (AvgIpc) is 1.58. The zero-order chi connectivity index (χ0) is 64.7. The largest absolute Gasteiger partial charge is 0.493 e. The molecule has 0 aliphatic carbocycles. The van der Waals surface area contributed by atoms with E-state index in [-0.39, 0.29) is 25.6 Å². The molecular weight excluding hydrogens is 1200 g/mol. The van der Waals surface area contributed by atoms with Gasteiger partial charge in [-0.25, -0.2) is 31.2 Å². The van der Waals surface area contributed by atoms with Crippen molar-refractivity contribution in [1.82, 2.24) is 0 Å². The Morgan fingerprint density at radius 3 is 1.31 bits per heavy atom. The summed E-state index contributed by atoms with van der Waals surface area (Å²) in [7, 11) is -5.37. The second kappa shape index (κ2) is 25.9. The minimum Gasteiger partial charge on any atom is -0.493 e. The molecule has 5 aliphatic heterocycles. The Morgan fingerprint density at radius 1 is 0.489 bits per heavy atom. The molecule has 16 nitrogen and oxygen atoms in total. The van der Waals surface area contributed by atoms with Gasteiger partial charge in [0.05, 0.1) is 75.3 Å². The molecule has 6 heterocycles. The fourth-order valence-electron chi connectivity index (χ4n) is 11.7. The van der Waals surface area contributed by atoms with E-state index < -0.39 is 66.7 Å². The zero-order valence-electron chi connectivity index (χ0n) is 52.5. The number of sulfone groups is 2. The maximum atomic E-state index is 13.6. The van der Waals surface area contributed by atoms with Crippen molar-refractivity contribution in [2.75, 3.05) is 34.0 Å². The van der Waals surface area contributed by atoms with E-state index in [2.05, 4.69) is 24.3 Å². The molecule has 6 aromatic carbocycles. The van der Waals surface area contributed by atoms with Crippen LogP contribution in [0.2, 0.25) is 0 Å². The lowest BCUT2D eigenvalue weighted by Crippen LogP contribution is -2.37. The van der Waals surface area contributed by atoms with Gasteiger partial charge in [-0.3, -0.25) is 0 Å². The SMILES string of the molecule is CC(C)(C)OC(C(=O)O)C1=C(c2ccc3c(c2)CCCO3)c2ccccc2S1(=O)=O.COC(=O)C(OC(C)(C)C)C1=C(c2ccc3c(c2)CCCO3)c2ccccc2S1(=O)=O.COC(=O)C(OC(C)(C)C)c1sc2ccccc2c1-c1ccc2c(c1)CCCO2. The van der Waals surface area contributed by atoms with Gasteiger partial charge in [0.2, 0.25) is 19.7 Å². The van der Waals surface area contributed by atoms with Crippen LogP contribution in [0.4, 0.5) is 0 Å². The van der Waals surface area contributed by atoms with Gasteiger partial charge >= 0.3 is 17.9 Å². The van der Waals surface area contributed by atoms with Gasteiger partial charge in [-0.1, -0.05) is 72.8 Å². The van der Waals surface area contributed by atoms with Crippen LogP contribution in [0.25, 0.3) is 32.4 Å². The lowest BCUT2D eigenvalue weighted by Gasteiger charge is -2.27. The Balaban J connectivity index is 0.000000149. The predicted octanol–water partition coefficient (Wildman–Crippen LogP) is 13.7. The summed E-state index contributed by atoms with van der Waals surface area (Å²) in [6.07, 6.45) is 1.68. The highest BCUT2D eigenvalue weighted by molar-refractivity contribution is 7.96. The van der Waals surface area contributed by atoms with Crippen LogP contribution in [-0.2, 0) is 77.0 Å². The van der Waals surface area contributed by atoms with Gasteiger partial charge in [0.15, 0.2) is 18.3 Å². The van der Waals surface area contributed by atoms with E-state index in [9.17, 15) is 36.3 Å². The predicted molar refractivity (Wildman–Crippen MR) is 345 cm³/mol. The number of hydrogen-bond acceptors (Lipinski definition) is 16. The molecule has 0 saturated heterocycles. The van der Waals surface area contributed by atoms with Crippen molar-refractivity contribution in [3.8, 4) is 28.4 Å². The molecule has 1 aromatic heterocycles. The maximum Gasteiger partial charge on any atom is 0.340 e. The van der Waals surface area contributed by atoms with Crippen molar-refractivity contribution in [1.29, 1.82) is 0 Å². The van der Waals surface area contributed by atoms with E-state index >= 15 is 0 Å². The van der Waals surface area contributed by atoms with Crippen LogP contribution in [0.5, 0.6) is 17.2 Å². The van der Waals surface area contributed by atoms with E-state index in [4.69, 9.17) is 37.9 Å². The summed E-state index contributed by atoms with van der Waals surface area (Å²) in [6, 6.07) is 39.1. The van der Waals surface area contributed by atoms with Crippen molar-refractivity contribution in [3.05, 3.63) is 181 Å². The molecule has 1 N–H and O–H groups in total. The minimum atomic E-state index is -4.04. The van der Waals surface area contributed by atoms with Gasteiger partial charge in [0.1, 0.15) is 17.2 Å². The molecule has 0 bridgehead atoms. The molecule has 0 radical (unpaired) electrons. The van der Waals surface area contributed by atoms with Crippen molar-refractivity contribution < 1.29 is 74.2 Å². The number of methoxy groups -OCH3 is 2. The molecule has 3 atom stereocenters. The number of carbonyl (C=O) groups is 3. The third-order valence-corrected chi connectivity index (χ3v) is 20.4. The molecule has 0 amide bonds. The van der Waals surface area contributed by atoms with E-state index in [1.807, 2.05) is 69.3 Å². The highest BCUT2D eigenvalue weighted by Gasteiger charge is 2.47. The highest BCUT2D eigenvalue weighted by atomic mass is 32.2. The van der Waals surface area contributed by atoms with E-state index in [1.165, 1.54) is 25.8 Å². The number of carboxylic acids is 1. The summed E-state index contributed by atoms with van der Waals surface area (Å²) in [5.41, 5.74) is 6.47. The number of carboxylic acid groups (broad SMARTS) is 1. The molecule has 474 valence electrons. The van der Waals surface area contributed by atoms with Gasteiger partial charge < -0.3 is 43.0 Å². The number of fused-ring (bicyclic) bond motifs is 6. The zero-order valence-corrected chi connectivity index (χ0v) is 55.0. The minimum absolute atomic E-state index is 0.0767. The number of ether oxygens (including phenoxy) is 8. The Kier molecular flexibility index (Phi) is 18.8. The van der Waals surface area contributed by atoms with Crippen LogP contribution < -0.4 is 14.2 Å². The van der Waals surface area contributed by atoms with Gasteiger partial charge in [-0.05, 0) is 189 Å². The number of esters is 2. The molecule has 0 spiro atoms.